The van der Waals surface area contributed by atoms with Crippen molar-refractivity contribution in [2.75, 3.05) is 38.3 Å². The van der Waals surface area contributed by atoms with Crippen molar-refractivity contribution in [3.63, 3.8) is 0 Å². The van der Waals surface area contributed by atoms with Gasteiger partial charge in [0.2, 0.25) is 5.91 Å². The first kappa shape index (κ1) is 31.3. The number of aliphatic hydroxyl groups is 1. The molecule has 0 aliphatic carbocycles. The van der Waals surface area contributed by atoms with E-state index in [4.69, 9.17) is 19.3 Å². The Bertz CT molecular complexity index is 1110. The lowest BCUT2D eigenvalue weighted by atomic mass is 9.70. The third-order valence-electron chi connectivity index (χ3n) is 8.36. The monoisotopic (exact) mass is 632 g/mol. The number of hydrogen-bond donors (Lipinski definition) is 1. The van der Waals surface area contributed by atoms with Gasteiger partial charge >= 0.3 is 5.97 Å². The molecule has 3 aliphatic rings. The van der Waals surface area contributed by atoms with E-state index in [9.17, 15) is 14.4 Å². The molecule has 3 saturated heterocycles. The van der Waals surface area contributed by atoms with E-state index in [1.54, 1.807) is 53.3 Å². The van der Waals surface area contributed by atoms with Gasteiger partial charge in [-0.2, -0.15) is 0 Å². The number of alkyl halides is 1. The lowest BCUT2D eigenvalue weighted by molar-refractivity contribution is -0.155. The summed E-state index contributed by atoms with van der Waals surface area (Å²) < 4.78 is 17.5. The third kappa shape index (κ3) is 6.10. The number of anilines is 1. The van der Waals surface area contributed by atoms with E-state index in [0.717, 1.165) is 19.3 Å². The molecule has 0 aromatic heterocycles. The molecule has 1 spiro atoms. The van der Waals surface area contributed by atoms with Gasteiger partial charge in [-0.25, -0.2) is 0 Å². The van der Waals surface area contributed by atoms with E-state index in [1.807, 2.05) is 0 Å². The summed E-state index contributed by atoms with van der Waals surface area (Å²) in [5.74, 6) is -1.92. The van der Waals surface area contributed by atoms with Gasteiger partial charge in [-0.15, -0.1) is 13.2 Å². The van der Waals surface area contributed by atoms with Gasteiger partial charge in [0.15, 0.2) is 0 Å². The van der Waals surface area contributed by atoms with Gasteiger partial charge in [0.1, 0.15) is 17.4 Å². The number of methoxy groups -OCH3 is 1. The molecule has 1 aromatic carbocycles. The summed E-state index contributed by atoms with van der Waals surface area (Å²) in [5, 5.41) is 9.16. The van der Waals surface area contributed by atoms with Crippen LogP contribution in [0, 0.1) is 11.8 Å². The highest BCUT2D eigenvalue weighted by Crippen LogP contribution is 2.60. The third-order valence-corrected chi connectivity index (χ3v) is 9.21. The number of amides is 2. The molecule has 9 nitrogen and oxygen atoms in total. The fraction of sp³-hybridized carbons (Fsp3) is 0.581. The van der Waals surface area contributed by atoms with Gasteiger partial charge in [0.05, 0.1) is 31.7 Å². The van der Waals surface area contributed by atoms with E-state index in [-0.39, 0.29) is 36.4 Å². The lowest BCUT2D eigenvalue weighted by Crippen LogP contribution is -2.57. The predicted octanol–water partition coefficient (Wildman–Crippen LogP) is 4.02. The minimum Gasteiger partial charge on any atom is -0.497 e. The molecule has 2 bridgehead atoms. The number of fused-ring (bicyclic) bond motifs is 1. The average Bonchev–Trinajstić information content (AvgIpc) is 3.57. The van der Waals surface area contributed by atoms with Crippen molar-refractivity contribution in [2.24, 2.45) is 11.8 Å². The zero-order chi connectivity index (χ0) is 29.6. The van der Waals surface area contributed by atoms with Gasteiger partial charge in [-0.05, 0) is 56.4 Å². The molecule has 3 unspecified atom stereocenters. The van der Waals surface area contributed by atoms with Crippen LogP contribution in [0.4, 0.5) is 5.69 Å². The lowest BCUT2D eigenvalue weighted by Gasteiger charge is -2.37. The minimum atomic E-state index is -1.16. The van der Waals surface area contributed by atoms with Crippen LogP contribution < -0.4 is 9.64 Å². The highest BCUT2D eigenvalue weighted by Gasteiger charge is 2.77. The van der Waals surface area contributed by atoms with Crippen LogP contribution in [-0.4, -0.2) is 83.8 Å². The molecule has 224 valence electrons. The van der Waals surface area contributed by atoms with E-state index < -0.39 is 35.6 Å². The summed E-state index contributed by atoms with van der Waals surface area (Å²) in [5.41, 5.74) is -0.513. The number of allylic oxidation sites excluding steroid dienone is 1. The molecule has 1 N–H and O–H groups in total. The maximum Gasteiger partial charge on any atom is 0.312 e. The highest BCUT2D eigenvalue weighted by molar-refractivity contribution is 9.09. The van der Waals surface area contributed by atoms with Crippen LogP contribution in [0.25, 0.3) is 0 Å². The number of carbonyl (C=O) groups excluding carboxylic acids is 3. The number of halogens is 1. The normalized spacial score (nSPS) is 27.9. The second-order valence-corrected chi connectivity index (χ2v) is 12.0. The largest absolute Gasteiger partial charge is 0.497 e. The van der Waals surface area contributed by atoms with E-state index in [1.165, 1.54) is 0 Å². The van der Waals surface area contributed by atoms with Crippen LogP contribution in [-0.2, 0) is 23.9 Å². The number of nitrogens with zero attached hydrogens (tertiary/aromatic N) is 2. The molecule has 2 amide bonds. The molecule has 3 heterocycles. The zero-order valence-corrected chi connectivity index (χ0v) is 25.3. The fourth-order valence-electron chi connectivity index (χ4n) is 6.52. The average molecular weight is 634 g/mol. The van der Waals surface area contributed by atoms with Crippen LogP contribution in [0.2, 0.25) is 0 Å². The first-order chi connectivity index (χ1) is 19.8. The van der Waals surface area contributed by atoms with Crippen LogP contribution in [0.15, 0.2) is 49.6 Å². The topological polar surface area (TPSA) is 106 Å². The van der Waals surface area contributed by atoms with Crippen molar-refractivity contribution in [3.8, 4) is 5.75 Å². The zero-order valence-electron chi connectivity index (χ0n) is 23.7. The van der Waals surface area contributed by atoms with E-state index in [0.29, 0.717) is 43.7 Å². The molecule has 1 aromatic rings. The number of aliphatic hydroxyl groups excluding tert-OH is 1. The van der Waals surface area contributed by atoms with Crippen LogP contribution >= 0.6 is 15.9 Å². The smallest absolute Gasteiger partial charge is 0.312 e. The Balaban J connectivity index is 1.68. The fourth-order valence-corrected chi connectivity index (χ4v) is 7.47. The van der Waals surface area contributed by atoms with Gasteiger partial charge in [0, 0.05) is 30.2 Å². The van der Waals surface area contributed by atoms with E-state index in [2.05, 4.69) is 29.1 Å². The summed E-state index contributed by atoms with van der Waals surface area (Å²) >= 11 is 3.70. The van der Waals surface area contributed by atoms with Crippen molar-refractivity contribution in [3.05, 3.63) is 49.6 Å². The van der Waals surface area contributed by atoms with Gasteiger partial charge in [-0.1, -0.05) is 40.9 Å². The summed E-state index contributed by atoms with van der Waals surface area (Å²) in [6.07, 6.45) is 7.62. The molecule has 3 aliphatic heterocycles. The second-order valence-electron chi connectivity index (χ2n) is 10.9. The Morgan fingerprint density at radius 3 is 2.56 bits per heavy atom. The quantitative estimate of drug-likeness (QED) is 0.127. The predicted molar refractivity (Wildman–Crippen MR) is 159 cm³/mol. The van der Waals surface area contributed by atoms with Crippen molar-refractivity contribution in [1.82, 2.24) is 4.90 Å². The molecular formula is C31H41BrN2O7. The maximum atomic E-state index is 14.5. The number of carbonyl (C=O) groups is 3. The Labute approximate surface area is 250 Å². The minimum absolute atomic E-state index is 0.117. The van der Waals surface area contributed by atoms with Gasteiger partial charge in [0.25, 0.3) is 5.91 Å². The van der Waals surface area contributed by atoms with Crippen LogP contribution in [0.5, 0.6) is 5.75 Å². The highest BCUT2D eigenvalue weighted by atomic mass is 79.9. The van der Waals surface area contributed by atoms with Crippen LogP contribution in [0.3, 0.4) is 0 Å². The number of ether oxygens (including phenoxy) is 3. The Morgan fingerprint density at radius 2 is 1.90 bits per heavy atom. The van der Waals surface area contributed by atoms with Gasteiger partial charge < -0.3 is 29.1 Å². The maximum absolute atomic E-state index is 14.5. The Hall–Kier alpha value is -2.69. The molecule has 41 heavy (non-hydrogen) atoms. The summed E-state index contributed by atoms with van der Waals surface area (Å²) in [6, 6.07) is 6.25. The summed E-state index contributed by atoms with van der Waals surface area (Å²) in [7, 11) is 1.58. The summed E-state index contributed by atoms with van der Waals surface area (Å²) in [4.78, 5) is 45.1. The molecule has 4 rings (SSSR count). The molecular weight excluding hydrogens is 592 g/mol. The van der Waals surface area contributed by atoms with E-state index >= 15 is 0 Å². The SMILES string of the molecule is C=CCCCOC(=O)[C@H]1[C@@H]2OC3(CC2Br)C(C(=O)N(CC=C)c2ccc(OC)cc2)N(CCCCCCO)C(=O)[C@H]13. The first-order valence-corrected chi connectivity index (χ1v) is 15.3. The Morgan fingerprint density at radius 1 is 1.17 bits per heavy atom. The molecule has 6 atom stereocenters. The number of likely N-dealkylation sites (tertiary alicyclic amines) is 1. The number of esters is 1. The van der Waals surface area contributed by atoms with Crippen molar-refractivity contribution < 1.29 is 33.7 Å². The second kappa shape index (κ2) is 14.0. The van der Waals surface area contributed by atoms with Crippen molar-refractivity contribution in [1.29, 1.82) is 0 Å². The number of rotatable bonds is 16. The van der Waals surface area contributed by atoms with Gasteiger partial charge in [-0.3, -0.25) is 14.4 Å². The number of unbranched alkanes of at least 4 members (excludes halogenated alkanes) is 4. The molecule has 3 fully saturated rings. The van der Waals surface area contributed by atoms with Crippen molar-refractivity contribution >= 4 is 39.4 Å². The Kier molecular flexibility index (Phi) is 10.7. The molecule has 0 radical (unpaired) electrons. The van der Waals surface area contributed by atoms with Crippen LogP contribution in [0.1, 0.15) is 44.9 Å². The molecule has 0 saturated carbocycles. The number of hydrogen-bond acceptors (Lipinski definition) is 7. The standard InChI is InChI=1S/C31H41BrN2O7/c1-4-6-11-19-40-30(38)24-25-28(36)34(17-9-7-8-10-18-35)27(31(25)20-23(32)26(24)41-31)29(37)33(16-5-2)21-12-14-22(39-3)15-13-21/h4-5,12-15,23-27,35H,1-2,6-11,16-20H2,3H3/t23?,24-,25+,26-,27?,31?/m1/s1. The molecule has 10 heteroatoms. The van der Waals surface area contributed by atoms with Crippen molar-refractivity contribution in [2.45, 2.75) is 67.5 Å². The number of benzene rings is 1. The summed E-state index contributed by atoms with van der Waals surface area (Å²) in [6.45, 7) is 8.49. The first-order valence-electron chi connectivity index (χ1n) is 14.4.